The minimum Gasteiger partial charge on any atom is -0.394 e. The van der Waals surface area contributed by atoms with E-state index in [9.17, 15) is 48.2 Å². The van der Waals surface area contributed by atoms with Crippen molar-refractivity contribution in [2.24, 2.45) is 11.7 Å². The van der Waals surface area contributed by atoms with E-state index in [1.54, 1.807) is 12.5 Å². The number of carbonyl (C=O) groups excluding carboxylic acids is 6. The summed E-state index contributed by atoms with van der Waals surface area (Å²) in [4.78, 5) is 105. The molecule has 358 valence electrons. The Morgan fingerprint density at radius 1 is 0.875 bits per heavy atom. The average Bonchev–Trinajstić information content (AvgIpc) is 3.90. The predicted octanol–water partition coefficient (Wildman–Crippen LogP) is 1.39. The fourth-order valence-corrected chi connectivity index (χ4v) is 8.00. The van der Waals surface area contributed by atoms with Crippen molar-refractivity contribution in [1.29, 1.82) is 0 Å². The van der Waals surface area contributed by atoms with Gasteiger partial charge in [-0.25, -0.2) is 9.55 Å². The van der Waals surface area contributed by atoms with Gasteiger partial charge < -0.3 is 56.1 Å². The Morgan fingerprint density at radius 2 is 1.52 bits per heavy atom. The normalized spacial score (nSPS) is 16.5. The molecule has 0 radical (unpaired) electrons. The number of aromatic nitrogens is 2. The SMILES string of the molecule is CC(C)C[C@H](NC(=O)[C@@H]1CCCN1C(=O)CCOC(C)C)C(=O)N[C@@H](Cc1cncn1CCCCCCCc1ccccc1)C(=O)N[C@@H](CO)C(=O)N[C@H](C(N)=O)[C@@H](C)OP(=O)(O)O. The van der Waals surface area contributed by atoms with Crippen molar-refractivity contribution >= 4 is 43.3 Å². The topological polar surface area (TPSA) is 294 Å². The highest BCUT2D eigenvalue weighted by Crippen LogP contribution is 2.38. The van der Waals surface area contributed by atoms with E-state index >= 15 is 0 Å². The number of ether oxygens (including phenoxy) is 1. The molecule has 0 spiro atoms. The number of aliphatic hydroxyl groups is 1. The molecule has 3 rings (SSSR count). The Balaban J connectivity index is 1.79. The zero-order chi connectivity index (χ0) is 47.4. The van der Waals surface area contributed by atoms with Crippen LogP contribution in [0.3, 0.4) is 0 Å². The molecule has 1 aliphatic heterocycles. The van der Waals surface area contributed by atoms with Gasteiger partial charge in [-0.05, 0) is 70.8 Å². The molecule has 6 amide bonds. The second-order valence-corrected chi connectivity index (χ2v) is 18.1. The van der Waals surface area contributed by atoms with Gasteiger partial charge in [-0.1, -0.05) is 63.4 Å². The number of nitrogens with one attached hydrogen (secondary N) is 4. The zero-order valence-electron chi connectivity index (χ0n) is 37.6. The number of unbranched alkanes of at least 4 members (excludes halogenated alkanes) is 4. The minimum atomic E-state index is -5.12. The number of primary amides is 1. The van der Waals surface area contributed by atoms with E-state index < -0.39 is 80.3 Å². The lowest BCUT2D eigenvalue weighted by atomic mass is 10.0. The van der Waals surface area contributed by atoms with Gasteiger partial charge in [-0.2, -0.15) is 0 Å². The summed E-state index contributed by atoms with van der Waals surface area (Å²) in [5, 5.41) is 20.3. The number of amides is 6. The van der Waals surface area contributed by atoms with Gasteiger partial charge in [-0.3, -0.25) is 33.3 Å². The Labute approximate surface area is 375 Å². The monoisotopic (exact) mass is 920 g/mol. The van der Waals surface area contributed by atoms with Crippen LogP contribution in [0.15, 0.2) is 42.9 Å². The van der Waals surface area contributed by atoms with Gasteiger partial charge in [0.25, 0.3) is 0 Å². The quantitative estimate of drug-likeness (QED) is 0.0424. The Kier molecular flexibility index (Phi) is 22.6. The van der Waals surface area contributed by atoms with E-state index in [2.05, 4.69) is 42.9 Å². The number of benzene rings is 1. The van der Waals surface area contributed by atoms with Gasteiger partial charge in [0, 0.05) is 31.4 Å². The summed E-state index contributed by atoms with van der Waals surface area (Å²) in [5.74, 6) is -4.86. The summed E-state index contributed by atoms with van der Waals surface area (Å²) in [6, 6.07) is 3.43. The van der Waals surface area contributed by atoms with E-state index in [0.717, 1.165) is 45.4 Å². The first kappa shape index (κ1) is 53.6. The molecular weight excluding hydrogens is 851 g/mol. The molecule has 2 aromatic rings. The van der Waals surface area contributed by atoms with Crippen LogP contribution in [0.5, 0.6) is 0 Å². The highest BCUT2D eigenvalue weighted by Gasteiger charge is 2.38. The maximum absolute atomic E-state index is 14.2. The standard InChI is InChI=1S/C43H69N8O12P/c1-28(2)23-33(47-43(58)36-18-14-21-51(36)37(53)19-22-62-29(3)4)40(55)46-34(41(56)48-35(26-52)42(57)49-38(39(44)54)30(5)63-64(59,60)61)24-32-25-45-27-50(32)20-13-8-6-7-10-15-31-16-11-9-12-17-31/h9,11-12,16-17,25,27-30,33-36,38,52H,6-8,10,13-15,18-24,26H2,1-5H3,(H2,44,54)(H,46,55)(H,47,58)(H,48,56)(H,49,57)(H2,59,60,61)/t30-,33+,34+,35+,36+,38+/m1/s1. The first-order valence-corrected chi connectivity index (χ1v) is 23.6. The second-order valence-electron chi connectivity index (χ2n) is 16.9. The van der Waals surface area contributed by atoms with Crippen LogP contribution in [0, 0.1) is 5.92 Å². The number of aryl methyl sites for hydroxylation is 2. The highest BCUT2D eigenvalue weighted by atomic mass is 31.2. The first-order chi connectivity index (χ1) is 30.3. The van der Waals surface area contributed by atoms with Gasteiger partial charge in [-0.15, -0.1) is 0 Å². The molecule has 1 aromatic heterocycles. The van der Waals surface area contributed by atoms with Gasteiger partial charge >= 0.3 is 7.82 Å². The Bertz CT molecular complexity index is 1860. The summed E-state index contributed by atoms with van der Waals surface area (Å²) in [6.07, 6.45) is 8.51. The van der Waals surface area contributed by atoms with Crippen molar-refractivity contribution in [3.05, 3.63) is 54.1 Å². The number of hydrogen-bond donors (Lipinski definition) is 8. The summed E-state index contributed by atoms with van der Waals surface area (Å²) >= 11 is 0. The van der Waals surface area contributed by atoms with Crippen LogP contribution >= 0.6 is 7.82 Å². The van der Waals surface area contributed by atoms with Crippen molar-refractivity contribution in [2.75, 3.05) is 19.8 Å². The lowest BCUT2D eigenvalue weighted by molar-refractivity contribution is -0.140. The largest absolute Gasteiger partial charge is 0.469 e. The number of carbonyl (C=O) groups is 6. The summed E-state index contributed by atoms with van der Waals surface area (Å²) in [6.45, 7) is 8.65. The van der Waals surface area contributed by atoms with Crippen LogP contribution in [-0.2, 0) is 62.0 Å². The van der Waals surface area contributed by atoms with Gasteiger partial charge in [0.15, 0.2) is 0 Å². The molecule has 0 saturated carbocycles. The summed E-state index contributed by atoms with van der Waals surface area (Å²) in [7, 11) is -5.12. The molecule has 0 bridgehead atoms. The third-order valence-corrected chi connectivity index (χ3v) is 11.3. The molecule has 1 saturated heterocycles. The molecule has 0 unspecified atom stereocenters. The predicted molar refractivity (Wildman–Crippen MR) is 236 cm³/mol. The zero-order valence-corrected chi connectivity index (χ0v) is 38.5. The van der Waals surface area contributed by atoms with Crippen LogP contribution in [0.4, 0.5) is 0 Å². The number of nitrogens with zero attached hydrogens (tertiary/aromatic N) is 3. The van der Waals surface area contributed by atoms with E-state index in [1.807, 2.05) is 50.5 Å². The number of nitrogens with two attached hydrogens (primary N) is 1. The van der Waals surface area contributed by atoms with E-state index in [0.29, 0.717) is 31.6 Å². The number of phosphoric acid groups is 1. The van der Waals surface area contributed by atoms with E-state index in [1.165, 1.54) is 10.5 Å². The molecule has 1 fully saturated rings. The third kappa shape index (κ3) is 18.8. The van der Waals surface area contributed by atoms with Crippen LogP contribution < -0.4 is 27.0 Å². The Morgan fingerprint density at radius 3 is 2.16 bits per heavy atom. The number of phosphoric ester groups is 1. The lowest BCUT2D eigenvalue weighted by Gasteiger charge is -2.29. The second kappa shape index (κ2) is 26.9. The van der Waals surface area contributed by atoms with Gasteiger partial charge in [0.1, 0.15) is 30.2 Å². The van der Waals surface area contributed by atoms with Crippen molar-refractivity contribution in [3.63, 3.8) is 0 Å². The molecule has 1 aliphatic rings. The fourth-order valence-electron chi connectivity index (χ4n) is 7.45. The number of likely N-dealkylation sites (tertiary alicyclic amines) is 1. The average molecular weight is 921 g/mol. The maximum atomic E-state index is 14.2. The minimum absolute atomic E-state index is 0.0645. The first-order valence-electron chi connectivity index (χ1n) is 22.1. The van der Waals surface area contributed by atoms with Gasteiger partial charge in [0.05, 0.1) is 38.2 Å². The molecule has 2 heterocycles. The lowest BCUT2D eigenvalue weighted by Crippen LogP contribution is -2.61. The van der Waals surface area contributed by atoms with Crippen LogP contribution in [0.2, 0.25) is 0 Å². The third-order valence-electron chi connectivity index (χ3n) is 10.7. The van der Waals surface area contributed by atoms with Crippen molar-refractivity contribution in [2.45, 2.75) is 154 Å². The van der Waals surface area contributed by atoms with E-state index in [-0.39, 0.29) is 43.8 Å². The molecular formula is C43H69N8O12P. The summed E-state index contributed by atoms with van der Waals surface area (Å²) < 4.78 is 23.3. The number of hydrogen-bond acceptors (Lipinski definition) is 11. The van der Waals surface area contributed by atoms with Crippen LogP contribution in [0.1, 0.15) is 104 Å². The summed E-state index contributed by atoms with van der Waals surface area (Å²) in [5.41, 5.74) is 7.24. The Hall–Kier alpha value is -4.72. The number of aliphatic hydroxyl groups excluding tert-OH is 1. The highest BCUT2D eigenvalue weighted by molar-refractivity contribution is 7.46. The molecule has 64 heavy (non-hydrogen) atoms. The molecule has 21 heteroatoms. The molecule has 6 atom stereocenters. The smallest absolute Gasteiger partial charge is 0.394 e. The fraction of sp³-hybridized carbons (Fsp3) is 0.651. The molecule has 0 aliphatic carbocycles. The number of rotatable bonds is 29. The number of imidazole rings is 1. The van der Waals surface area contributed by atoms with E-state index in [4.69, 9.17) is 10.5 Å². The molecule has 1 aromatic carbocycles. The maximum Gasteiger partial charge on any atom is 0.469 e. The van der Waals surface area contributed by atoms with Crippen molar-refractivity contribution in [1.82, 2.24) is 35.7 Å². The van der Waals surface area contributed by atoms with Crippen LogP contribution in [-0.4, -0.2) is 127 Å². The van der Waals surface area contributed by atoms with Crippen LogP contribution in [0.25, 0.3) is 0 Å². The molecule has 9 N–H and O–H groups in total. The van der Waals surface area contributed by atoms with Crippen molar-refractivity contribution in [3.8, 4) is 0 Å². The van der Waals surface area contributed by atoms with Gasteiger partial charge in [0.2, 0.25) is 35.4 Å². The molecule has 20 nitrogen and oxygen atoms in total. The van der Waals surface area contributed by atoms with Crippen molar-refractivity contribution < 1.29 is 57.5 Å².